The van der Waals surface area contributed by atoms with Crippen LogP contribution in [0.2, 0.25) is 0 Å². The highest BCUT2D eigenvalue weighted by molar-refractivity contribution is 9.10. The summed E-state index contributed by atoms with van der Waals surface area (Å²) in [4.78, 5) is 16.3. The van der Waals surface area contributed by atoms with Crippen molar-refractivity contribution in [1.29, 1.82) is 0 Å². The number of nitrogens with one attached hydrogen (secondary N) is 1. The van der Waals surface area contributed by atoms with Crippen molar-refractivity contribution in [1.82, 2.24) is 19.9 Å². The maximum atomic E-state index is 12.0. The topological polar surface area (TPSA) is 72.4 Å². The quantitative estimate of drug-likeness (QED) is 0.784. The van der Waals surface area contributed by atoms with Crippen LogP contribution in [0.15, 0.2) is 39.6 Å². The molecular weight excluding hydrogens is 336 g/mol. The zero-order valence-electron chi connectivity index (χ0n) is 11.3. The van der Waals surface area contributed by atoms with Gasteiger partial charge in [0.15, 0.2) is 0 Å². The fourth-order valence-electron chi connectivity index (χ4n) is 2.05. The van der Waals surface area contributed by atoms with Gasteiger partial charge in [0.1, 0.15) is 17.1 Å². The van der Waals surface area contributed by atoms with E-state index < -0.39 is 0 Å². The Morgan fingerprint density at radius 1 is 1.48 bits per heavy atom. The fraction of sp³-hybridized carbons (Fsp3) is 0.214. The molecule has 1 amide bonds. The van der Waals surface area contributed by atoms with Gasteiger partial charge in [-0.1, -0.05) is 5.16 Å². The molecule has 108 valence electrons. The highest BCUT2D eigenvalue weighted by Crippen LogP contribution is 2.14. The van der Waals surface area contributed by atoms with E-state index in [1.165, 1.54) is 0 Å². The van der Waals surface area contributed by atoms with Gasteiger partial charge in [-0.25, -0.2) is 4.98 Å². The third kappa shape index (κ3) is 3.13. The van der Waals surface area contributed by atoms with Crippen molar-refractivity contribution < 1.29 is 9.32 Å². The Morgan fingerprint density at radius 3 is 3.10 bits per heavy atom. The second kappa shape index (κ2) is 5.69. The molecule has 0 saturated heterocycles. The molecule has 3 rings (SSSR count). The van der Waals surface area contributed by atoms with E-state index in [-0.39, 0.29) is 12.3 Å². The van der Waals surface area contributed by atoms with Crippen molar-refractivity contribution in [2.75, 3.05) is 0 Å². The summed E-state index contributed by atoms with van der Waals surface area (Å²) in [7, 11) is 0. The van der Waals surface area contributed by atoms with Crippen LogP contribution in [0.5, 0.6) is 0 Å². The molecule has 21 heavy (non-hydrogen) atoms. The van der Waals surface area contributed by atoms with Crippen LogP contribution in [0.1, 0.15) is 17.1 Å². The molecule has 7 heteroatoms. The Morgan fingerprint density at radius 2 is 2.33 bits per heavy atom. The van der Waals surface area contributed by atoms with Crippen molar-refractivity contribution in [2.45, 2.75) is 19.9 Å². The van der Waals surface area contributed by atoms with Gasteiger partial charge in [-0.3, -0.25) is 4.79 Å². The number of aromatic nitrogens is 3. The van der Waals surface area contributed by atoms with Crippen LogP contribution >= 0.6 is 15.9 Å². The number of nitrogens with zero attached hydrogens (tertiary/aromatic N) is 3. The van der Waals surface area contributed by atoms with Gasteiger partial charge < -0.3 is 14.2 Å². The first-order valence-electron chi connectivity index (χ1n) is 6.42. The molecule has 0 saturated carbocycles. The number of rotatable bonds is 4. The van der Waals surface area contributed by atoms with Crippen molar-refractivity contribution in [3.8, 4) is 0 Å². The van der Waals surface area contributed by atoms with Crippen LogP contribution in [0.25, 0.3) is 5.65 Å². The lowest BCUT2D eigenvalue weighted by Crippen LogP contribution is -2.25. The SMILES string of the molecule is Cc1cc(CNC(=O)Cc2cnc3ccc(Br)cn23)no1. The Kier molecular flexibility index (Phi) is 3.74. The second-order valence-electron chi connectivity index (χ2n) is 4.71. The summed E-state index contributed by atoms with van der Waals surface area (Å²) in [6, 6.07) is 5.61. The minimum absolute atomic E-state index is 0.0857. The predicted octanol–water partition coefficient (Wildman–Crippen LogP) is 2.25. The van der Waals surface area contributed by atoms with Gasteiger partial charge in [-0.15, -0.1) is 0 Å². The van der Waals surface area contributed by atoms with Crippen LogP contribution in [-0.4, -0.2) is 20.4 Å². The molecular formula is C14H13BrN4O2. The average Bonchev–Trinajstić information content (AvgIpc) is 3.04. The lowest BCUT2D eigenvalue weighted by Gasteiger charge is -2.03. The molecule has 6 nitrogen and oxygen atoms in total. The highest BCUT2D eigenvalue weighted by atomic mass is 79.9. The number of imidazole rings is 1. The number of hydrogen-bond acceptors (Lipinski definition) is 4. The van der Waals surface area contributed by atoms with Gasteiger partial charge in [0.2, 0.25) is 5.91 Å². The van der Waals surface area contributed by atoms with Gasteiger partial charge in [0.25, 0.3) is 0 Å². The van der Waals surface area contributed by atoms with Crippen molar-refractivity contribution in [2.24, 2.45) is 0 Å². The minimum atomic E-state index is -0.0857. The van der Waals surface area contributed by atoms with Gasteiger partial charge in [-0.2, -0.15) is 0 Å². The molecule has 3 heterocycles. The fourth-order valence-corrected chi connectivity index (χ4v) is 2.39. The maximum absolute atomic E-state index is 12.0. The molecule has 0 spiro atoms. The van der Waals surface area contributed by atoms with Crippen LogP contribution in [0.4, 0.5) is 0 Å². The monoisotopic (exact) mass is 348 g/mol. The average molecular weight is 349 g/mol. The highest BCUT2D eigenvalue weighted by Gasteiger charge is 2.10. The summed E-state index contributed by atoms with van der Waals surface area (Å²) in [5.74, 6) is 0.642. The number of hydrogen-bond donors (Lipinski definition) is 1. The largest absolute Gasteiger partial charge is 0.361 e. The molecule has 0 aliphatic heterocycles. The Hall–Kier alpha value is -2.15. The summed E-state index contributed by atoms with van der Waals surface area (Å²) in [5.41, 5.74) is 2.36. The molecule has 0 bridgehead atoms. The first-order valence-corrected chi connectivity index (χ1v) is 7.21. The Labute approximate surface area is 129 Å². The second-order valence-corrected chi connectivity index (χ2v) is 5.62. The van der Waals surface area contributed by atoms with E-state index >= 15 is 0 Å². The summed E-state index contributed by atoms with van der Waals surface area (Å²) in [5, 5.41) is 6.65. The van der Waals surface area contributed by atoms with Crippen LogP contribution in [0, 0.1) is 6.92 Å². The molecule has 0 atom stereocenters. The molecule has 3 aromatic rings. The first-order chi connectivity index (χ1) is 10.1. The van der Waals surface area contributed by atoms with Gasteiger partial charge in [0.05, 0.1) is 18.7 Å². The Balaban J connectivity index is 1.67. The molecule has 0 fully saturated rings. The molecule has 1 N–H and O–H groups in total. The molecule has 0 unspecified atom stereocenters. The maximum Gasteiger partial charge on any atom is 0.226 e. The van der Waals surface area contributed by atoms with E-state index in [1.807, 2.05) is 29.7 Å². The molecule has 0 aliphatic rings. The summed E-state index contributed by atoms with van der Waals surface area (Å²) in [6.07, 6.45) is 3.86. The van der Waals surface area contributed by atoms with Crippen molar-refractivity contribution >= 4 is 27.5 Å². The van der Waals surface area contributed by atoms with E-state index in [4.69, 9.17) is 4.52 Å². The van der Waals surface area contributed by atoms with Crippen molar-refractivity contribution in [3.63, 3.8) is 0 Å². The zero-order chi connectivity index (χ0) is 14.8. The summed E-state index contributed by atoms with van der Waals surface area (Å²) in [6.45, 7) is 2.17. The first kappa shape index (κ1) is 13.8. The summed E-state index contributed by atoms with van der Waals surface area (Å²) >= 11 is 3.41. The lowest BCUT2D eigenvalue weighted by molar-refractivity contribution is -0.120. The van der Waals surface area contributed by atoms with Gasteiger partial charge >= 0.3 is 0 Å². The zero-order valence-corrected chi connectivity index (χ0v) is 12.9. The lowest BCUT2D eigenvalue weighted by atomic mass is 10.3. The van der Waals surface area contributed by atoms with E-state index in [2.05, 4.69) is 31.4 Å². The number of pyridine rings is 1. The number of carbonyl (C=O) groups excluding carboxylic acids is 1. The van der Waals surface area contributed by atoms with E-state index in [9.17, 15) is 4.79 Å². The number of fused-ring (bicyclic) bond motifs is 1. The van der Waals surface area contributed by atoms with Crippen molar-refractivity contribution in [3.05, 3.63) is 52.2 Å². The van der Waals surface area contributed by atoms with Gasteiger partial charge in [-0.05, 0) is 35.0 Å². The van der Waals surface area contributed by atoms with E-state index in [1.54, 1.807) is 12.3 Å². The molecule has 0 aliphatic carbocycles. The van der Waals surface area contributed by atoms with E-state index in [0.717, 1.165) is 21.6 Å². The summed E-state index contributed by atoms with van der Waals surface area (Å²) < 4.78 is 7.78. The third-order valence-electron chi connectivity index (χ3n) is 3.03. The number of carbonyl (C=O) groups is 1. The molecule has 3 aromatic heterocycles. The molecule has 0 radical (unpaired) electrons. The third-order valence-corrected chi connectivity index (χ3v) is 3.50. The predicted molar refractivity (Wildman–Crippen MR) is 79.7 cm³/mol. The van der Waals surface area contributed by atoms with Crippen LogP contribution in [-0.2, 0) is 17.8 Å². The number of aryl methyl sites for hydroxylation is 1. The van der Waals surface area contributed by atoms with Gasteiger partial charge in [0, 0.05) is 22.9 Å². The van der Waals surface area contributed by atoms with Crippen LogP contribution in [0.3, 0.4) is 0 Å². The normalized spacial score (nSPS) is 11.0. The minimum Gasteiger partial charge on any atom is -0.361 e. The standard InChI is InChI=1S/C14H13BrN4O2/c1-9-4-11(18-21-9)6-17-14(20)5-12-7-16-13-3-2-10(15)8-19(12)13/h2-4,7-8H,5-6H2,1H3,(H,17,20). The number of amides is 1. The van der Waals surface area contributed by atoms with Crippen LogP contribution < -0.4 is 5.32 Å². The number of halogens is 1. The van der Waals surface area contributed by atoms with E-state index in [0.29, 0.717) is 12.2 Å². The smallest absolute Gasteiger partial charge is 0.226 e. The Bertz CT molecular complexity index is 793. The molecule has 0 aromatic carbocycles.